The summed E-state index contributed by atoms with van der Waals surface area (Å²) in [6, 6.07) is 4.45. The van der Waals surface area contributed by atoms with Crippen LogP contribution in [-0.4, -0.2) is 120 Å². The summed E-state index contributed by atoms with van der Waals surface area (Å²) in [5, 5.41) is 7.64. The molecule has 3 N–H and O–H groups in total. The van der Waals surface area contributed by atoms with Gasteiger partial charge >= 0.3 is 6.03 Å². The molecule has 1 atom stereocenters. The third kappa shape index (κ3) is 7.48. The Morgan fingerprint density at radius 2 is 1.65 bits per heavy atom. The third-order valence-corrected chi connectivity index (χ3v) is 11.7. The van der Waals surface area contributed by atoms with Crippen molar-refractivity contribution in [3.8, 4) is 0 Å². The number of nitrogens with two attached hydrogens (primary N) is 1. The average Bonchev–Trinajstić information content (AvgIpc) is 3.43. The molecular formula is C34H48ClN7O3S. The Labute approximate surface area is 281 Å². The Morgan fingerprint density at radius 3 is 2.35 bits per heavy atom. The second-order valence-corrected chi connectivity index (χ2v) is 14.8. The number of nitrogen functional groups attached to an aromatic ring is 1. The maximum atomic E-state index is 14.1. The Hall–Kier alpha value is -2.86. The molecule has 1 aromatic carbocycles. The topological polar surface area (TPSA) is 105 Å². The molecule has 4 aliphatic heterocycles. The van der Waals surface area contributed by atoms with Gasteiger partial charge in [-0.15, -0.1) is 11.3 Å². The van der Waals surface area contributed by atoms with E-state index in [4.69, 9.17) is 17.3 Å². The second-order valence-electron chi connectivity index (χ2n) is 13.6. The van der Waals surface area contributed by atoms with Gasteiger partial charge in [-0.1, -0.05) is 17.7 Å². The van der Waals surface area contributed by atoms with Gasteiger partial charge in [-0.3, -0.25) is 14.5 Å². The van der Waals surface area contributed by atoms with Crippen LogP contribution in [-0.2, 0) is 22.4 Å². The number of fused-ring (bicyclic) bond motifs is 1. The van der Waals surface area contributed by atoms with Gasteiger partial charge in [0.25, 0.3) is 0 Å². The summed E-state index contributed by atoms with van der Waals surface area (Å²) >= 11 is 8.05. The molecule has 0 unspecified atom stereocenters. The predicted molar refractivity (Wildman–Crippen MR) is 184 cm³/mol. The second kappa shape index (κ2) is 14.5. The molecule has 3 saturated heterocycles. The van der Waals surface area contributed by atoms with Crippen molar-refractivity contribution in [1.82, 2.24) is 24.5 Å². The smallest absolute Gasteiger partial charge is 0.322 e. The number of piperazine rings is 1. The number of anilines is 2. The van der Waals surface area contributed by atoms with Gasteiger partial charge in [0.05, 0.1) is 22.3 Å². The summed E-state index contributed by atoms with van der Waals surface area (Å²) in [5.74, 6) is -0.429. The van der Waals surface area contributed by atoms with Gasteiger partial charge < -0.3 is 30.7 Å². The van der Waals surface area contributed by atoms with E-state index in [1.165, 1.54) is 18.4 Å². The van der Waals surface area contributed by atoms with Crippen LogP contribution in [0.1, 0.15) is 48.8 Å². The van der Waals surface area contributed by atoms with Crippen molar-refractivity contribution in [2.24, 2.45) is 5.92 Å². The Bertz CT molecular complexity index is 1390. The van der Waals surface area contributed by atoms with E-state index in [1.54, 1.807) is 11.3 Å². The van der Waals surface area contributed by atoms with Crippen LogP contribution in [0.25, 0.3) is 0 Å². The number of piperidine rings is 2. The summed E-state index contributed by atoms with van der Waals surface area (Å²) in [6.07, 6.45) is 5.24. The molecule has 0 saturated carbocycles. The first-order chi connectivity index (χ1) is 22.2. The minimum atomic E-state index is -0.477. The molecular weight excluding hydrogens is 622 g/mol. The third-order valence-electron chi connectivity index (χ3n) is 10.6. The molecule has 0 spiro atoms. The van der Waals surface area contributed by atoms with E-state index < -0.39 is 5.92 Å². The van der Waals surface area contributed by atoms with Crippen molar-refractivity contribution in [3.05, 3.63) is 44.6 Å². The number of hydrogen-bond donors (Lipinski definition) is 2. The number of likely N-dealkylation sites (tertiary alicyclic amines) is 2. The quantitative estimate of drug-likeness (QED) is 0.429. The van der Waals surface area contributed by atoms with Crippen LogP contribution < -0.4 is 11.1 Å². The number of carbonyl (C=O) groups is 3. The lowest BCUT2D eigenvalue weighted by molar-refractivity contribution is -0.143. The highest BCUT2D eigenvalue weighted by molar-refractivity contribution is 7.08. The SMILES string of the molecule is Cc1cc(C[C@@H](CC(=O)N2CCC(N3CCc4cscc4NC3=O)CC2)C(=O)N2CCN(C3CCN(C)CC3)CC2)cc(Cl)c1N. The molecule has 3 fully saturated rings. The highest BCUT2D eigenvalue weighted by Gasteiger charge is 2.35. The highest BCUT2D eigenvalue weighted by Crippen LogP contribution is 2.30. The van der Waals surface area contributed by atoms with Gasteiger partial charge in [0.2, 0.25) is 11.8 Å². The first-order valence-electron chi connectivity index (χ1n) is 16.8. The van der Waals surface area contributed by atoms with Gasteiger partial charge in [0.15, 0.2) is 0 Å². The van der Waals surface area contributed by atoms with Crippen molar-refractivity contribution in [3.63, 3.8) is 0 Å². The molecule has 0 aliphatic carbocycles. The van der Waals surface area contributed by atoms with Crippen molar-refractivity contribution in [1.29, 1.82) is 0 Å². The van der Waals surface area contributed by atoms with E-state index in [-0.39, 0.29) is 30.3 Å². The monoisotopic (exact) mass is 669 g/mol. The largest absolute Gasteiger partial charge is 0.397 e. The summed E-state index contributed by atoms with van der Waals surface area (Å²) in [6.45, 7) is 9.13. The fraction of sp³-hybridized carbons (Fsp3) is 0.618. The fourth-order valence-corrected chi connectivity index (χ4v) is 8.79. The number of nitrogens with one attached hydrogen (secondary N) is 1. The molecule has 12 heteroatoms. The van der Waals surface area contributed by atoms with Gasteiger partial charge in [-0.25, -0.2) is 4.79 Å². The van der Waals surface area contributed by atoms with Crippen LogP contribution >= 0.6 is 22.9 Å². The molecule has 250 valence electrons. The minimum Gasteiger partial charge on any atom is -0.397 e. The zero-order chi connectivity index (χ0) is 32.4. The van der Waals surface area contributed by atoms with Gasteiger partial charge in [0, 0.05) is 69.7 Å². The molecule has 0 bridgehead atoms. The molecule has 0 radical (unpaired) electrons. The van der Waals surface area contributed by atoms with Crippen molar-refractivity contribution >= 4 is 52.2 Å². The number of urea groups is 1. The van der Waals surface area contributed by atoms with Crippen molar-refractivity contribution in [2.45, 2.75) is 64.0 Å². The number of nitrogens with zero attached hydrogens (tertiary/aromatic N) is 5. The lowest BCUT2D eigenvalue weighted by Crippen LogP contribution is -2.55. The first kappa shape index (κ1) is 33.1. The fourth-order valence-electron chi connectivity index (χ4n) is 7.67. The van der Waals surface area contributed by atoms with Gasteiger partial charge in [0.1, 0.15) is 0 Å². The lowest BCUT2D eigenvalue weighted by atomic mass is 9.92. The van der Waals surface area contributed by atoms with E-state index in [1.807, 2.05) is 39.1 Å². The summed E-state index contributed by atoms with van der Waals surface area (Å²) in [4.78, 5) is 51.6. The maximum absolute atomic E-state index is 14.1. The normalized spacial score (nSPS) is 21.5. The van der Waals surface area contributed by atoms with Crippen molar-refractivity contribution in [2.75, 3.05) is 77.0 Å². The van der Waals surface area contributed by atoms with E-state index in [0.29, 0.717) is 55.9 Å². The van der Waals surface area contributed by atoms with E-state index in [2.05, 4.69) is 27.5 Å². The summed E-state index contributed by atoms with van der Waals surface area (Å²) < 4.78 is 0. The van der Waals surface area contributed by atoms with Crippen LogP contribution in [0.15, 0.2) is 22.9 Å². The van der Waals surface area contributed by atoms with E-state index in [9.17, 15) is 14.4 Å². The van der Waals surface area contributed by atoms with Crippen LogP contribution in [0.3, 0.4) is 0 Å². The molecule has 46 heavy (non-hydrogen) atoms. The zero-order valence-electron chi connectivity index (χ0n) is 27.2. The molecule has 1 aromatic heterocycles. The van der Waals surface area contributed by atoms with Crippen LogP contribution in [0.4, 0.5) is 16.2 Å². The zero-order valence-corrected chi connectivity index (χ0v) is 28.8. The number of carbonyl (C=O) groups excluding carboxylic acids is 3. The number of benzene rings is 1. The average molecular weight is 670 g/mol. The van der Waals surface area contributed by atoms with E-state index in [0.717, 1.165) is 62.3 Å². The number of halogens is 1. The van der Waals surface area contributed by atoms with Crippen LogP contribution in [0.2, 0.25) is 5.02 Å². The van der Waals surface area contributed by atoms with Gasteiger partial charge in [-0.2, -0.15) is 0 Å². The first-order valence-corrected chi connectivity index (χ1v) is 18.1. The number of amides is 4. The van der Waals surface area contributed by atoms with Gasteiger partial charge in [-0.05, 0) is 93.7 Å². The molecule has 6 rings (SSSR count). The molecule has 2 aromatic rings. The Kier molecular flexibility index (Phi) is 10.4. The predicted octanol–water partition coefficient (Wildman–Crippen LogP) is 4.16. The standard InChI is InChI=1S/C34H48ClN7O3S/c1-23-17-24(19-29(35)32(23)36)18-26(33(44)41-15-13-39(14-16-41)27-4-8-38(2)9-5-27)20-31(43)40-10-6-28(7-11-40)42-12-3-25-21-46-22-30(25)37-34(42)45/h17,19,21-22,26-28H,3-16,18,20,36H2,1-2H3,(H,37,45)/t26-/m0/s1. The van der Waals surface area contributed by atoms with Crippen LogP contribution in [0, 0.1) is 12.8 Å². The number of aryl methyl sites for hydroxylation is 1. The number of hydrogen-bond acceptors (Lipinski definition) is 7. The Morgan fingerprint density at radius 1 is 0.957 bits per heavy atom. The molecule has 4 aliphatic rings. The Balaban J connectivity index is 1.08. The minimum absolute atomic E-state index is 0.00205. The van der Waals surface area contributed by atoms with Crippen molar-refractivity contribution < 1.29 is 14.4 Å². The number of thiophene rings is 1. The highest BCUT2D eigenvalue weighted by atomic mass is 35.5. The maximum Gasteiger partial charge on any atom is 0.322 e. The molecule has 4 amide bonds. The lowest BCUT2D eigenvalue weighted by Gasteiger charge is -2.43. The van der Waals surface area contributed by atoms with E-state index >= 15 is 0 Å². The number of rotatable bonds is 7. The molecule has 5 heterocycles. The summed E-state index contributed by atoms with van der Waals surface area (Å²) in [7, 11) is 2.18. The molecule has 10 nitrogen and oxygen atoms in total. The van der Waals surface area contributed by atoms with Crippen LogP contribution in [0.5, 0.6) is 0 Å². The summed E-state index contributed by atoms with van der Waals surface area (Å²) in [5.41, 5.74) is 10.6.